The van der Waals surface area contributed by atoms with Gasteiger partial charge in [-0.1, -0.05) is 212 Å². The Balaban J connectivity index is 0.000000660. The average Bonchev–Trinajstić information content (AvgIpc) is 3.58. The van der Waals surface area contributed by atoms with Gasteiger partial charge < -0.3 is 60.2 Å². The highest BCUT2D eigenvalue weighted by atomic mass is 16.5. The summed E-state index contributed by atoms with van der Waals surface area (Å²) in [6.07, 6.45) is 48.0. The van der Waals surface area contributed by atoms with Gasteiger partial charge in [0.1, 0.15) is 0 Å². The van der Waals surface area contributed by atoms with Crippen molar-refractivity contribution >= 4 is 30.1 Å². The maximum absolute atomic E-state index is 11.1. The highest BCUT2D eigenvalue weighted by Gasteiger charge is 2.16. The van der Waals surface area contributed by atoms with E-state index in [1.165, 1.54) is 32.5 Å². The van der Waals surface area contributed by atoms with Crippen LogP contribution in [0.4, 0.5) is 0 Å². The summed E-state index contributed by atoms with van der Waals surface area (Å²) in [6, 6.07) is 7.77. The van der Waals surface area contributed by atoms with Gasteiger partial charge in [0.05, 0.1) is 76.3 Å². The summed E-state index contributed by atoms with van der Waals surface area (Å²) < 4.78 is 13.8. The van der Waals surface area contributed by atoms with Gasteiger partial charge in [-0.2, -0.15) is 0 Å². The quantitative estimate of drug-likeness (QED) is 0.0128. The molecule has 0 aromatic heterocycles. The highest BCUT2D eigenvalue weighted by molar-refractivity contribution is 5.70. The fourth-order valence-corrected chi connectivity index (χ4v) is 9.38. The molecule has 1 aromatic rings. The Morgan fingerprint density at radius 1 is 0.409 bits per heavy atom. The number of methoxy groups -OCH3 is 3. The Morgan fingerprint density at radius 2 is 0.773 bits per heavy atom. The molecule has 0 unspecified atom stereocenters. The maximum atomic E-state index is 11.1. The summed E-state index contributed by atoms with van der Waals surface area (Å²) in [7, 11) is 4.08. The molecule has 0 fully saturated rings. The Hall–Kier alpha value is -5.59. The molecular formula is C73H112O15. The fraction of sp³-hybridized carbons (Fsp3) is 0.575. The molecule has 15 heteroatoms. The number of hydrogen-bond acceptors (Lipinski definition) is 15. The van der Waals surface area contributed by atoms with Gasteiger partial charge in [0.15, 0.2) is 0 Å². The van der Waals surface area contributed by atoms with Crippen LogP contribution in [0.25, 0.3) is 12.2 Å². The van der Waals surface area contributed by atoms with E-state index in [4.69, 9.17) is 0 Å². The number of rotatable bonds is 40. The van der Waals surface area contributed by atoms with Gasteiger partial charge in [0.2, 0.25) is 0 Å². The van der Waals surface area contributed by atoms with E-state index in [1.807, 2.05) is 78.9 Å². The van der Waals surface area contributed by atoms with E-state index in [1.54, 1.807) is 42.5 Å². The minimum absolute atomic E-state index is 0.255. The minimum atomic E-state index is -0.873. The normalized spacial score (nSPS) is 18.0. The van der Waals surface area contributed by atoms with E-state index in [-0.39, 0.29) is 17.9 Å². The molecule has 2 aliphatic rings. The number of aliphatic hydroxyl groups is 9. The largest absolute Gasteiger partial charge is 0.469 e. The van der Waals surface area contributed by atoms with Crippen molar-refractivity contribution in [3.63, 3.8) is 0 Å². The van der Waals surface area contributed by atoms with Crippen LogP contribution in [0, 0.1) is 0 Å². The predicted octanol–water partition coefficient (Wildman–Crippen LogP) is 12.6. The zero-order valence-corrected chi connectivity index (χ0v) is 54.0. The van der Waals surface area contributed by atoms with Crippen molar-refractivity contribution < 1.29 is 74.6 Å². The van der Waals surface area contributed by atoms with Gasteiger partial charge in [-0.25, -0.2) is 0 Å². The summed E-state index contributed by atoms with van der Waals surface area (Å²) in [5, 5.41) is 90.1. The Bertz CT molecular complexity index is 2280. The number of carbonyl (C=O) groups excluding carboxylic acids is 3. The molecule has 0 heterocycles. The van der Waals surface area contributed by atoms with Crippen molar-refractivity contribution in [2.75, 3.05) is 21.3 Å². The van der Waals surface area contributed by atoms with Gasteiger partial charge in [0, 0.05) is 19.3 Å². The molecule has 0 saturated heterocycles. The average molecular weight is 1230 g/mol. The van der Waals surface area contributed by atoms with Crippen LogP contribution < -0.4 is 0 Å². The molecule has 0 radical (unpaired) electrons. The lowest BCUT2D eigenvalue weighted by molar-refractivity contribution is -0.141. The lowest BCUT2D eigenvalue weighted by atomic mass is 9.94. The lowest BCUT2D eigenvalue weighted by Gasteiger charge is -2.16. The first-order chi connectivity index (χ1) is 42.4. The number of benzene rings is 1. The van der Waals surface area contributed by atoms with Crippen LogP contribution in [0.1, 0.15) is 205 Å². The van der Waals surface area contributed by atoms with Crippen LogP contribution in [0.2, 0.25) is 0 Å². The van der Waals surface area contributed by atoms with Crippen LogP contribution >= 0.6 is 0 Å². The molecule has 0 aliphatic heterocycles. The standard InChI is InChI=1S/C25H36O5.2C24H38O5/c1-3-4-5-15-23(27)24(28)16-9-8-12-20-11-6-7-13-21(20)18-19-22(26)14-10-17-25(29)30-2;2*1-3-4-5-14-22(26)23(27)17-16-20-10-6-9-19(18-20)11-7-12-21(25)13-8-15-24(28)29-2/h6-9,11-13,16,18-19,22-24,26-28H,3-5,10,14-15,17H2,1-2H3;2*7,11-12,16-18,21-23,25-27H,3-6,8-10,13-15H2,1-2H3/b12-8+,16-9+,19-18+;2*12-7+,17-16+,19-11-/t22-,23-,24+;21-,22+,23-;21-,22-,23-/m011/s1. The van der Waals surface area contributed by atoms with Crippen molar-refractivity contribution in [1.29, 1.82) is 0 Å². The molecular weight excluding hydrogens is 1120 g/mol. The van der Waals surface area contributed by atoms with Crippen molar-refractivity contribution in [3.8, 4) is 0 Å². The van der Waals surface area contributed by atoms with Crippen LogP contribution in [-0.4, -0.2) is 140 Å². The highest BCUT2D eigenvalue weighted by Crippen LogP contribution is 2.26. The third kappa shape index (κ3) is 41.6. The summed E-state index contributed by atoms with van der Waals surface area (Å²) in [5.74, 6) is -0.780. The van der Waals surface area contributed by atoms with Crippen LogP contribution in [0.15, 0.2) is 144 Å². The molecule has 0 spiro atoms. The molecule has 0 saturated carbocycles. The van der Waals surface area contributed by atoms with Crippen LogP contribution in [0.5, 0.6) is 0 Å². The van der Waals surface area contributed by atoms with Gasteiger partial charge in [-0.3, -0.25) is 14.4 Å². The van der Waals surface area contributed by atoms with E-state index in [0.29, 0.717) is 77.0 Å². The second-order valence-corrected chi connectivity index (χ2v) is 22.6. The minimum Gasteiger partial charge on any atom is -0.469 e. The summed E-state index contributed by atoms with van der Waals surface area (Å²) in [6.45, 7) is 6.33. The second kappa shape index (κ2) is 52.2. The predicted molar refractivity (Wildman–Crippen MR) is 354 cm³/mol. The SMILES string of the molecule is CCCCC[C@@H](O)[C@H](O)/C=C/C1=CC(=C\C=C\[C@@H](O)CCCC(=O)OC)/CCC1.CCCCC[C@H](O)[C@H](O)/C=C/C1=CC(=C\C=C\[C@@H](O)CCCC(=O)OC)/CCC1.CCCCC[C@H](O)[C@H](O)/C=C/C=C/c1ccccc1/C=C/[C@@H](O)CCCC(=O)OC. The van der Waals surface area contributed by atoms with Gasteiger partial charge in [-0.15, -0.1) is 0 Å². The first kappa shape index (κ1) is 80.4. The topological polar surface area (TPSA) is 261 Å². The molecule has 15 nitrogen and oxygen atoms in total. The molecule has 3 rings (SSSR count). The van der Waals surface area contributed by atoms with E-state index >= 15 is 0 Å². The Kier molecular flexibility index (Phi) is 47.7. The molecule has 0 amide bonds. The Morgan fingerprint density at radius 3 is 1.15 bits per heavy atom. The van der Waals surface area contributed by atoms with E-state index in [0.717, 1.165) is 119 Å². The van der Waals surface area contributed by atoms with Crippen molar-refractivity contribution in [3.05, 3.63) is 155 Å². The van der Waals surface area contributed by atoms with Crippen molar-refractivity contribution in [1.82, 2.24) is 0 Å². The van der Waals surface area contributed by atoms with E-state index in [9.17, 15) is 60.3 Å². The number of hydrogen-bond donors (Lipinski definition) is 9. The maximum Gasteiger partial charge on any atom is 0.305 e. The zero-order chi connectivity index (χ0) is 65.2. The van der Waals surface area contributed by atoms with Gasteiger partial charge in [0.25, 0.3) is 0 Å². The number of aliphatic hydroxyl groups excluding tert-OH is 9. The third-order valence-corrected chi connectivity index (χ3v) is 14.9. The Labute approximate surface area is 527 Å². The summed E-state index contributed by atoms with van der Waals surface area (Å²) in [4.78, 5) is 33.2. The monoisotopic (exact) mass is 1230 g/mol. The number of esters is 3. The van der Waals surface area contributed by atoms with Crippen LogP contribution in [0.3, 0.4) is 0 Å². The fourth-order valence-electron chi connectivity index (χ4n) is 9.38. The molecule has 1 aromatic carbocycles. The number of allylic oxidation sites excluding steroid dienone is 14. The smallest absolute Gasteiger partial charge is 0.305 e. The summed E-state index contributed by atoms with van der Waals surface area (Å²) >= 11 is 0. The number of carbonyl (C=O) groups is 3. The molecule has 2 aliphatic carbocycles. The second-order valence-electron chi connectivity index (χ2n) is 22.6. The lowest BCUT2D eigenvalue weighted by Crippen LogP contribution is -2.23. The third-order valence-electron chi connectivity index (χ3n) is 14.9. The van der Waals surface area contributed by atoms with E-state index < -0.39 is 54.9 Å². The first-order valence-corrected chi connectivity index (χ1v) is 32.4. The van der Waals surface area contributed by atoms with Crippen LogP contribution in [-0.2, 0) is 28.6 Å². The van der Waals surface area contributed by atoms with Crippen molar-refractivity contribution in [2.45, 2.75) is 249 Å². The first-order valence-electron chi connectivity index (χ1n) is 32.4. The van der Waals surface area contributed by atoms with Gasteiger partial charge >= 0.3 is 17.9 Å². The molecule has 494 valence electrons. The molecule has 88 heavy (non-hydrogen) atoms. The van der Waals surface area contributed by atoms with E-state index in [2.05, 4.69) is 47.1 Å². The molecule has 9 atom stereocenters. The molecule has 9 N–H and O–H groups in total. The summed E-state index contributed by atoms with van der Waals surface area (Å²) in [5.41, 5.74) is 6.54. The number of ether oxygens (including phenoxy) is 3. The van der Waals surface area contributed by atoms with Crippen molar-refractivity contribution in [2.24, 2.45) is 0 Å². The number of unbranched alkanes of at least 4 members (excludes halogenated alkanes) is 6. The van der Waals surface area contributed by atoms with Gasteiger partial charge in [-0.05, 0) is 130 Å². The molecule has 0 bridgehead atoms. The zero-order valence-electron chi connectivity index (χ0n) is 54.0.